The fourth-order valence-corrected chi connectivity index (χ4v) is 3.11. The van der Waals surface area contributed by atoms with Crippen molar-refractivity contribution < 1.29 is 4.74 Å². The zero-order valence-corrected chi connectivity index (χ0v) is 13.0. The van der Waals surface area contributed by atoms with E-state index in [0.717, 1.165) is 36.6 Å². The molecule has 108 valence electrons. The molecule has 0 aliphatic carbocycles. The zero-order valence-electron chi connectivity index (χ0n) is 11.5. The van der Waals surface area contributed by atoms with Gasteiger partial charge in [-0.05, 0) is 26.3 Å². The molecule has 1 aliphatic heterocycles. The SMILES string of the molecule is CC(Cl)c1nc2cc(Cl)cnc2n1C(C)C1CCOC1. The maximum absolute atomic E-state index is 6.29. The number of imidazole rings is 1. The van der Waals surface area contributed by atoms with E-state index in [0.29, 0.717) is 10.9 Å². The topological polar surface area (TPSA) is 39.9 Å². The van der Waals surface area contributed by atoms with Crippen LogP contribution in [0.25, 0.3) is 11.2 Å². The van der Waals surface area contributed by atoms with Crippen molar-refractivity contribution in [1.82, 2.24) is 14.5 Å². The maximum Gasteiger partial charge on any atom is 0.160 e. The molecule has 0 saturated carbocycles. The Balaban J connectivity index is 2.13. The summed E-state index contributed by atoms with van der Waals surface area (Å²) in [5.41, 5.74) is 1.64. The number of hydrogen-bond donors (Lipinski definition) is 0. The Morgan fingerprint density at radius 1 is 1.45 bits per heavy atom. The molecule has 1 fully saturated rings. The summed E-state index contributed by atoms with van der Waals surface area (Å²) < 4.78 is 7.64. The molecule has 3 atom stereocenters. The largest absolute Gasteiger partial charge is 0.381 e. The molecule has 4 nitrogen and oxygen atoms in total. The fraction of sp³-hybridized carbons (Fsp3) is 0.571. The molecule has 2 aromatic heterocycles. The van der Waals surface area contributed by atoms with Gasteiger partial charge in [-0.3, -0.25) is 0 Å². The van der Waals surface area contributed by atoms with Crippen LogP contribution in [-0.4, -0.2) is 27.7 Å². The van der Waals surface area contributed by atoms with Crippen molar-refractivity contribution in [3.63, 3.8) is 0 Å². The molecule has 20 heavy (non-hydrogen) atoms. The number of nitrogens with zero attached hydrogens (tertiary/aromatic N) is 3. The minimum absolute atomic E-state index is 0.173. The molecule has 0 amide bonds. The molecule has 1 saturated heterocycles. The van der Waals surface area contributed by atoms with E-state index in [1.165, 1.54) is 0 Å². The standard InChI is InChI=1S/C14H17Cl2N3O/c1-8(15)13-18-12-5-11(16)6-17-14(12)19(13)9(2)10-3-4-20-7-10/h5-6,8-10H,3-4,7H2,1-2H3. The monoisotopic (exact) mass is 313 g/mol. The molecule has 3 heterocycles. The highest BCUT2D eigenvalue weighted by atomic mass is 35.5. The fourth-order valence-electron chi connectivity index (χ4n) is 2.80. The predicted molar refractivity (Wildman–Crippen MR) is 80.4 cm³/mol. The van der Waals surface area contributed by atoms with Crippen molar-refractivity contribution >= 4 is 34.4 Å². The highest BCUT2D eigenvalue weighted by Gasteiger charge is 2.28. The Morgan fingerprint density at radius 2 is 2.25 bits per heavy atom. The van der Waals surface area contributed by atoms with E-state index in [-0.39, 0.29) is 11.4 Å². The lowest BCUT2D eigenvalue weighted by atomic mass is 10.0. The molecule has 0 radical (unpaired) electrons. The van der Waals surface area contributed by atoms with Crippen LogP contribution in [0.4, 0.5) is 0 Å². The highest BCUT2D eigenvalue weighted by Crippen LogP contribution is 2.33. The lowest BCUT2D eigenvalue weighted by molar-refractivity contribution is 0.175. The van der Waals surface area contributed by atoms with Gasteiger partial charge in [-0.15, -0.1) is 11.6 Å². The summed E-state index contributed by atoms with van der Waals surface area (Å²) in [5, 5.41) is 0.417. The molecule has 2 aromatic rings. The summed E-state index contributed by atoms with van der Waals surface area (Å²) in [6.45, 7) is 5.72. The quantitative estimate of drug-likeness (QED) is 0.805. The third kappa shape index (κ3) is 2.41. The van der Waals surface area contributed by atoms with Crippen LogP contribution in [0.3, 0.4) is 0 Å². The number of ether oxygens (including phenoxy) is 1. The number of halogens is 2. The molecular weight excluding hydrogens is 297 g/mol. The molecule has 1 aliphatic rings. The zero-order chi connectivity index (χ0) is 14.3. The summed E-state index contributed by atoms with van der Waals surface area (Å²) >= 11 is 12.3. The van der Waals surface area contributed by atoms with Crippen LogP contribution in [0, 0.1) is 5.92 Å². The van der Waals surface area contributed by atoms with Crippen molar-refractivity contribution in [2.45, 2.75) is 31.7 Å². The summed E-state index contributed by atoms with van der Waals surface area (Å²) in [6.07, 6.45) is 2.72. The van der Waals surface area contributed by atoms with Gasteiger partial charge in [0.05, 0.1) is 17.0 Å². The smallest absolute Gasteiger partial charge is 0.160 e. The molecule has 0 N–H and O–H groups in total. The lowest BCUT2D eigenvalue weighted by Crippen LogP contribution is -2.19. The van der Waals surface area contributed by atoms with Crippen molar-refractivity contribution in [1.29, 1.82) is 0 Å². The Labute approximate surface area is 128 Å². The van der Waals surface area contributed by atoms with Crippen LogP contribution in [0.2, 0.25) is 5.02 Å². The van der Waals surface area contributed by atoms with E-state index in [2.05, 4.69) is 21.5 Å². The maximum atomic E-state index is 6.29. The Bertz CT molecular complexity index is 620. The van der Waals surface area contributed by atoms with Gasteiger partial charge in [0.1, 0.15) is 11.3 Å². The normalized spacial score (nSPS) is 22.3. The van der Waals surface area contributed by atoms with E-state index < -0.39 is 0 Å². The average molecular weight is 314 g/mol. The summed E-state index contributed by atoms with van der Waals surface area (Å²) in [7, 11) is 0. The van der Waals surface area contributed by atoms with Gasteiger partial charge in [0.15, 0.2) is 5.65 Å². The van der Waals surface area contributed by atoms with E-state index in [1.807, 2.05) is 13.0 Å². The number of pyridine rings is 1. The van der Waals surface area contributed by atoms with Crippen LogP contribution in [0.15, 0.2) is 12.3 Å². The first kappa shape index (κ1) is 14.1. The van der Waals surface area contributed by atoms with E-state index in [9.17, 15) is 0 Å². The molecule has 0 bridgehead atoms. The van der Waals surface area contributed by atoms with Gasteiger partial charge in [0.25, 0.3) is 0 Å². The first-order valence-electron chi connectivity index (χ1n) is 6.83. The van der Waals surface area contributed by atoms with Gasteiger partial charge >= 0.3 is 0 Å². The van der Waals surface area contributed by atoms with E-state index in [1.54, 1.807) is 6.20 Å². The summed E-state index contributed by atoms with van der Waals surface area (Å²) in [4.78, 5) is 9.05. The minimum Gasteiger partial charge on any atom is -0.381 e. The van der Waals surface area contributed by atoms with Gasteiger partial charge in [-0.2, -0.15) is 0 Å². The molecule has 3 unspecified atom stereocenters. The molecule has 6 heteroatoms. The molecule has 3 rings (SSSR count). The second-order valence-corrected chi connectivity index (χ2v) is 6.41. The van der Waals surface area contributed by atoms with Gasteiger partial charge < -0.3 is 9.30 Å². The van der Waals surface area contributed by atoms with Gasteiger partial charge in [0, 0.05) is 24.8 Å². The third-order valence-electron chi connectivity index (χ3n) is 3.93. The van der Waals surface area contributed by atoms with Crippen LogP contribution in [0.1, 0.15) is 37.5 Å². The van der Waals surface area contributed by atoms with Crippen molar-refractivity contribution in [3.05, 3.63) is 23.1 Å². The van der Waals surface area contributed by atoms with Crippen LogP contribution in [0.5, 0.6) is 0 Å². The summed E-state index contributed by atoms with van der Waals surface area (Å²) in [5.74, 6) is 1.31. The second-order valence-electron chi connectivity index (χ2n) is 5.32. The number of aromatic nitrogens is 3. The first-order chi connectivity index (χ1) is 9.58. The van der Waals surface area contributed by atoms with Crippen LogP contribution < -0.4 is 0 Å². The summed E-state index contributed by atoms with van der Waals surface area (Å²) in [6, 6.07) is 2.09. The molecule has 0 spiro atoms. The second kappa shape index (κ2) is 5.51. The lowest BCUT2D eigenvalue weighted by Gasteiger charge is -2.22. The van der Waals surface area contributed by atoms with Crippen molar-refractivity contribution in [2.75, 3.05) is 13.2 Å². The number of fused-ring (bicyclic) bond motifs is 1. The van der Waals surface area contributed by atoms with Gasteiger partial charge in [-0.1, -0.05) is 11.6 Å². The highest BCUT2D eigenvalue weighted by molar-refractivity contribution is 6.31. The predicted octanol–water partition coefficient (Wildman–Crippen LogP) is 3.98. The Hall–Kier alpha value is -0.840. The molecular formula is C14H17Cl2N3O. The van der Waals surface area contributed by atoms with Crippen molar-refractivity contribution in [3.8, 4) is 0 Å². The van der Waals surface area contributed by atoms with Crippen LogP contribution >= 0.6 is 23.2 Å². The average Bonchev–Trinajstić information content (AvgIpc) is 3.04. The van der Waals surface area contributed by atoms with Crippen LogP contribution in [-0.2, 0) is 4.74 Å². The van der Waals surface area contributed by atoms with Crippen molar-refractivity contribution in [2.24, 2.45) is 5.92 Å². The number of rotatable bonds is 3. The third-order valence-corrected chi connectivity index (χ3v) is 4.34. The van der Waals surface area contributed by atoms with Gasteiger partial charge in [0.2, 0.25) is 0 Å². The van der Waals surface area contributed by atoms with E-state index >= 15 is 0 Å². The number of alkyl halides is 1. The minimum atomic E-state index is -0.173. The molecule has 0 aromatic carbocycles. The van der Waals surface area contributed by atoms with Gasteiger partial charge in [-0.25, -0.2) is 9.97 Å². The Kier molecular flexibility index (Phi) is 3.89. The number of hydrogen-bond acceptors (Lipinski definition) is 3. The first-order valence-corrected chi connectivity index (χ1v) is 7.64. The Morgan fingerprint density at radius 3 is 2.90 bits per heavy atom. The van der Waals surface area contributed by atoms with E-state index in [4.69, 9.17) is 27.9 Å².